The zero-order valence-electron chi connectivity index (χ0n) is 15.8. The molecule has 0 aliphatic rings. The molecule has 2 rings (SSSR count). The molecule has 0 fully saturated rings. The number of aromatic nitrogens is 2. The predicted octanol–water partition coefficient (Wildman–Crippen LogP) is -2.33. The van der Waals surface area contributed by atoms with E-state index in [9.17, 15) is 24.8 Å². The first-order valence-corrected chi connectivity index (χ1v) is 7.78. The van der Waals surface area contributed by atoms with E-state index in [-0.39, 0.29) is 31.0 Å². The molecule has 11 heteroatoms. The molecule has 2 aromatic rings. The van der Waals surface area contributed by atoms with Crippen LogP contribution in [-0.2, 0) is 23.0 Å². The first-order chi connectivity index (χ1) is 12.0. The number of carboxylic acids is 1. The number of imidazole rings is 1. The monoisotopic (exact) mass is 370 g/mol. The molecule has 0 saturated carbocycles. The summed E-state index contributed by atoms with van der Waals surface area (Å²) >= 11 is 0. The van der Waals surface area contributed by atoms with Crippen LogP contribution in [0.15, 0.2) is 18.2 Å². The molecule has 1 N–H and O–H groups in total. The average molecular weight is 370 g/mol. The molecule has 1 amide bonds. The van der Waals surface area contributed by atoms with Crippen molar-refractivity contribution < 1.29 is 43.2 Å². The third-order valence-electron chi connectivity index (χ3n) is 3.53. The van der Waals surface area contributed by atoms with Crippen LogP contribution in [0.3, 0.4) is 0 Å². The van der Waals surface area contributed by atoms with Gasteiger partial charge in [0.05, 0.1) is 28.0 Å². The molecule has 0 aliphatic heterocycles. The number of aliphatic carboxylic acids is 1. The summed E-state index contributed by atoms with van der Waals surface area (Å²) in [5.41, 5.74) is 0.0498. The number of nitro benzene ring substituents is 1. The van der Waals surface area contributed by atoms with E-state index in [2.05, 4.69) is 10.3 Å². The topological polar surface area (TPSA) is 139 Å². The van der Waals surface area contributed by atoms with Crippen LogP contribution in [0.25, 0.3) is 11.0 Å². The molecular weight excluding hydrogens is 351 g/mol. The van der Waals surface area contributed by atoms with Crippen LogP contribution in [0.4, 0.5) is 10.5 Å². The number of fused-ring (bicyclic) bond motifs is 1. The average Bonchev–Trinajstić information content (AvgIpc) is 2.80. The first-order valence-electron chi connectivity index (χ1n) is 7.78. The first kappa shape index (κ1) is 22.5. The third-order valence-corrected chi connectivity index (χ3v) is 3.53. The smallest absolute Gasteiger partial charge is 0.548 e. The van der Waals surface area contributed by atoms with Gasteiger partial charge in [-0.2, -0.15) is 0 Å². The van der Waals surface area contributed by atoms with E-state index >= 15 is 0 Å². The summed E-state index contributed by atoms with van der Waals surface area (Å²) in [6, 6.07) is 2.80. The van der Waals surface area contributed by atoms with Crippen LogP contribution >= 0.6 is 0 Å². The number of nitro groups is 1. The quantitative estimate of drug-likeness (QED) is 0.354. The summed E-state index contributed by atoms with van der Waals surface area (Å²) in [7, 11) is 1.65. The van der Waals surface area contributed by atoms with Gasteiger partial charge in [-0.05, 0) is 26.8 Å². The Morgan fingerprint density at radius 1 is 1.37 bits per heavy atom. The molecule has 0 aliphatic carbocycles. The second kappa shape index (κ2) is 8.41. The number of aryl methyl sites for hydroxylation is 1. The molecule has 1 heterocycles. The maximum absolute atomic E-state index is 11.8. The van der Waals surface area contributed by atoms with Crippen molar-refractivity contribution in [2.24, 2.45) is 7.05 Å². The standard InChI is InChI=1S/C16H20N4O6.Li/c1-16(2,3)26-15(23)18-11(14(21)22)8-13-17-10-7-9(20(24)25)5-6-12(10)19(13)4;/h5-7,11H,8H2,1-4H3,(H,18,23)(H,21,22);/q;+1/p-1/t11-;/m0./s1. The van der Waals surface area contributed by atoms with E-state index in [4.69, 9.17) is 4.74 Å². The van der Waals surface area contributed by atoms with E-state index in [1.54, 1.807) is 32.4 Å². The Balaban J connectivity index is 0.00000364. The Morgan fingerprint density at radius 3 is 2.52 bits per heavy atom. The molecular formula is C16H19LiN4O6. The van der Waals surface area contributed by atoms with Gasteiger partial charge in [0.2, 0.25) is 0 Å². The zero-order valence-corrected chi connectivity index (χ0v) is 15.8. The number of nitrogens with zero attached hydrogens (tertiary/aromatic N) is 3. The Kier molecular flexibility index (Phi) is 7.00. The van der Waals surface area contributed by atoms with Gasteiger partial charge in [-0.3, -0.25) is 10.1 Å². The minimum absolute atomic E-state index is 0. The fraction of sp³-hybridized carbons (Fsp3) is 0.438. The summed E-state index contributed by atoms with van der Waals surface area (Å²) in [5, 5.41) is 24.5. The SMILES string of the molecule is Cn1c(C[C@H](NC(=O)OC(C)(C)C)C(=O)[O-])nc2cc([N+](=O)[O-])ccc21.[Li+]. The van der Waals surface area contributed by atoms with Gasteiger partial charge >= 0.3 is 25.0 Å². The number of non-ortho nitro benzene ring substituents is 1. The summed E-state index contributed by atoms with van der Waals surface area (Å²) in [5.74, 6) is -1.17. The maximum Gasteiger partial charge on any atom is 1.00 e. The Labute approximate surface area is 167 Å². The Morgan fingerprint density at radius 2 is 2.00 bits per heavy atom. The summed E-state index contributed by atoms with van der Waals surface area (Å²) in [6.45, 7) is 4.96. The van der Waals surface area contributed by atoms with Gasteiger partial charge < -0.3 is 24.5 Å². The van der Waals surface area contributed by atoms with E-state index in [1.165, 1.54) is 18.2 Å². The Bertz CT molecular complexity index is 874. The van der Waals surface area contributed by atoms with Crippen molar-refractivity contribution in [1.82, 2.24) is 14.9 Å². The predicted molar refractivity (Wildman–Crippen MR) is 89.2 cm³/mol. The molecule has 27 heavy (non-hydrogen) atoms. The second-order valence-corrected chi connectivity index (χ2v) is 6.74. The maximum atomic E-state index is 11.8. The number of carboxylic acid groups (broad SMARTS) is 1. The van der Waals surface area contributed by atoms with Gasteiger partial charge in [-0.15, -0.1) is 0 Å². The molecule has 140 valence electrons. The Hall–Kier alpha value is -2.57. The third kappa shape index (κ3) is 5.70. The van der Waals surface area contributed by atoms with E-state index in [1.807, 2.05) is 0 Å². The molecule has 1 atom stereocenters. The molecule has 1 aromatic carbocycles. The number of ether oxygens (including phenoxy) is 1. The van der Waals surface area contributed by atoms with Gasteiger partial charge in [0.15, 0.2) is 0 Å². The number of amides is 1. The number of carbonyl (C=O) groups excluding carboxylic acids is 2. The second-order valence-electron chi connectivity index (χ2n) is 6.74. The number of rotatable bonds is 5. The van der Waals surface area contributed by atoms with Crippen molar-refractivity contribution in [2.75, 3.05) is 0 Å². The number of alkyl carbamates (subject to hydrolysis) is 1. The fourth-order valence-corrected chi connectivity index (χ4v) is 2.36. The van der Waals surface area contributed by atoms with Crippen LogP contribution in [0.5, 0.6) is 0 Å². The molecule has 0 unspecified atom stereocenters. The van der Waals surface area contributed by atoms with Crippen molar-refractivity contribution in [1.29, 1.82) is 0 Å². The number of hydrogen-bond donors (Lipinski definition) is 1. The summed E-state index contributed by atoms with van der Waals surface area (Å²) in [4.78, 5) is 37.7. The normalized spacial score (nSPS) is 12.1. The molecule has 1 aromatic heterocycles. The van der Waals surface area contributed by atoms with Gasteiger partial charge in [0.1, 0.15) is 11.4 Å². The van der Waals surface area contributed by atoms with E-state index in [0.717, 1.165) is 0 Å². The van der Waals surface area contributed by atoms with Crippen LogP contribution in [0, 0.1) is 10.1 Å². The molecule has 0 saturated heterocycles. The molecule has 10 nitrogen and oxygen atoms in total. The minimum Gasteiger partial charge on any atom is -0.548 e. The van der Waals surface area contributed by atoms with Crippen molar-refractivity contribution >= 4 is 28.8 Å². The summed E-state index contributed by atoms with van der Waals surface area (Å²) in [6.07, 6.45) is -1.05. The molecule has 0 radical (unpaired) electrons. The number of nitrogens with one attached hydrogen (secondary N) is 1. The number of hydrogen-bond acceptors (Lipinski definition) is 7. The minimum atomic E-state index is -1.49. The van der Waals surface area contributed by atoms with Gasteiger partial charge in [0, 0.05) is 25.6 Å². The van der Waals surface area contributed by atoms with Crippen LogP contribution in [-0.4, -0.2) is 38.2 Å². The fourth-order valence-electron chi connectivity index (χ4n) is 2.36. The van der Waals surface area contributed by atoms with Crippen molar-refractivity contribution in [3.05, 3.63) is 34.1 Å². The van der Waals surface area contributed by atoms with Crippen LogP contribution in [0.2, 0.25) is 0 Å². The van der Waals surface area contributed by atoms with Crippen LogP contribution < -0.4 is 29.3 Å². The van der Waals surface area contributed by atoms with E-state index < -0.39 is 28.6 Å². The van der Waals surface area contributed by atoms with Gasteiger partial charge in [-0.25, -0.2) is 9.78 Å². The van der Waals surface area contributed by atoms with Gasteiger partial charge in [-0.1, -0.05) is 0 Å². The van der Waals surface area contributed by atoms with E-state index in [0.29, 0.717) is 16.9 Å². The van der Waals surface area contributed by atoms with Crippen molar-refractivity contribution in [2.45, 2.75) is 38.8 Å². The van der Waals surface area contributed by atoms with Crippen LogP contribution in [0.1, 0.15) is 26.6 Å². The number of benzene rings is 1. The summed E-state index contributed by atoms with van der Waals surface area (Å²) < 4.78 is 6.65. The molecule has 0 spiro atoms. The van der Waals surface area contributed by atoms with Gasteiger partial charge in [0.25, 0.3) is 5.69 Å². The largest absolute Gasteiger partial charge is 1.00 e. The zero-order chi connectivity index (χ0) is 19.6. The van der Waals surface area contributed by atoms with Crippen molar-refractivity contribution in [3.8, 4) is 0 Å². The van der Waals surface area contributed by atoms with Crippen molar-refractivity contribution in [3.63, 3.8) is 0 Å². The molecule has 0 bridgehead atoms. The number of carbonyl (C=O) groups is 2.